The van der Waals surface area contributed by atoms with Crippen molar-refractivity contribution in [2.75, 3.05) is 6.54 Å². The molecule has 2 rings (SSSR count). The number of pyridine rings is 1. The number of nitrogens with one attached hydrogen (secondary N) is 1. The van der Waals surface area contributed by atoms with Gasteiger partial charge in [0.2, 0.25) is 0 Å². The fourth-order valence-electron chi connectivity index (χ4n) is 1.52. The SMILES string of the molecule is O=C(NCC1(C(=O)O)CC1)c1ccncc1Br. The van der Waals surface area contributed by atoms with Gasteiger partial charge in [-0.2, -0.15) is 0 Å². The quantitative estimate of drug-likeness (QED) is 0.881. The van der Waals surface area contributed by atoms with Gasteiger partial charge in [-0.3, -0.25) is 14.6 Å². The highest BCUT2D eigenvalue weighted by molar-refractivity contribution is 9.10. The number of amides is 1. The molecular formula is C11H11BrN2O3. The topological polar surface area (TPSA) is 79.3 Å². The number of halogens is 1. The van der Waals surface area contributed by atoms with Crippen molar-refractivity contribution in [2.45, 2.75) is 12.8 Å². The van der Waals surface area contributed by atoms with E-state index in [-0.39, 0.29) is 12.5 Å². The molecule has 5 nitrogen and oxygen atoms in total. The van der Waals surface area contributed by atoms with Crippen molar-refractivity contribution in [1.82, 2.24) is 10.3 Å². The maximum Gasteiger partial charge on any atom is 0.311 e. The zero-order chi connectivity index (χ0) is 12.5. The molecule has 6 heteroatoms. The molecule has 1 aromatic heterocycles. The lowest BCUT2D eigenvalue weighted by Crippen LogP contribution is -2.34. The van der Waals surface area contributed by atoms with Crippen LogP contribution in [0.15, 0.2) is 22.9 Å². The number of carboxylic acid groups (broad SMARTS) is 1. The molecule has 0 aromatic carbocycles. The van der Waals surface area contributed by atoms with Crippen LogP contribution >= 0.6 is 15.9 Å². The summed E-state index contributed by atoms with van der Waals surface area (Å²) >= 11 is 3.22. The largest absolute Gasteiger partial charge is 0.481 e. The summed E-state index contributed by atoms with van der Waals surface area (Å²) in [6.07, 6.45) is 4.29. The summed E-state index contributed by atoms with van der Waals surface area (Å²) in [5.74, 6) is -1.13. The smallest absolute Gasteiger partial charge is 0.311 e. The molecule has 1 heterocycles. The zero-order valence-corrected chi connectivity index (χ0v) is 10.5. The molecule has 90 valence electrons. The van der Waals surface area contributed by atoms with Crippen LogP contribution in [0, 0.1) is 5.41 Å². The lowest BCUT2D eigenvalue weighted by atomic mass is 10.1. The van der Waals surface area contributed by atoms with Crippen LogP contribution in [0.4, 0.5) is 0 Å². The third kappa shape index (κ3) is 2.46. The van der Waals surface area contributed by atoms with E-state index in [0.717, 1.165) is 0 Å². The molecule has 1 aliphatic carbocycles. The van der Waals surface area contributed by atoms with Crippen LogP contribution in [0.25, 0.3) is 0 Å². The Bertz CT molecular complexity index is 472. The fourth-order valence-corrected chi connectivity index (χ4v) is 1.95. The van der Waals surface area contributed by atoms with Gasteiger partial charge in [0.15, 0.2) is 0 Å². The third-order valence-corrected chi connectivity index (χ3v) is 3.54. The molecule has 0 atom stereocenters. The molecule has 0 saturated heterocycles. The molecule has 0 radical (unpaired) electrons. The van der Waals surface area contributed by atoms with E-state index in [9.17, 15) is 9.59 Å². The molecule has 17 heavy (non-hydrogen) atoms. The van der Waals surface area contributed by atoms with E-state index < -0.39 is 11.4 Å². The molecular weight excluding hydrogens is 288 g/mol. The maximum atomic E-state index is 11.8. The predicted molar refractivity (Wildman–Crippen MR) is 63.6 cm³/mol. The van der Waals surface area contributed by atoms with Crippen LogP contribution in [-0.4, -0.2) is 28.5 Å². The summed E-state index contributed by atoms with van der Waals surface area (Å²) in [6, 6.07) is 1.58. The first-order valence-electron chi connectivity index (χ1n) is 5.16. The highest BCUT2D eigenvalue weighted by Crippen LogP contribution is 2.45. The van der Waals surface area contributed by atoms with E-state index >= 15 is 0 Å². The minimum atomic E-state index is -0.841. The van der Waals surface area contributed by atoms with Gasteiger partial charge in [-0.15, -0.1) is 0 Å². The first kappa shape index (κ1) is 12.0. The molecule has 0 bridgehead atoms. The summed E-state index contributed by atoms with van der Waals surface area (Å²) in [4.78, 5) is 26.6. The number of hydrogen-bond acceptors (Lipinski definition) is 3. The van der Waals surface area contributed by atoms with E-state index in [1.807, 2.05) is 0 Å². The van der Waals surface area contributed by atoms with Gasteiger partial charge in [-0.05, 0) is 34.8 Å². The molecule has 0 aliphatic heterocycles. The standard InChI is InChI=1S/C11H11BrN2O3/c12-8-5-13-4-1-7(8)9(15)14-6-11(2-3-11)10(16)17/h1,4-5H,2-3,6H2,(H,14,15)(H,16,17). The molecule has 2 N–H and O–H groups in total. The molecule has 1 saturated carbocycles. The van der Waals surface area contributed by atoms with Crippen molar-refractivity contribution in [2.24, 2.45) is 5.41 Å². The zero-order valence-electron chi connectivity index (χ0n) is 8.94. The summed E-state index contributed by atoms with van der Waals surface area (Å²) in [5, 5.41) is 11.6. The van der Waals surface area contributed by atoms with Crippen LogP contribution in [0.1, 0.15) is 23.2 Å². The molecule has 1 aliphatic rings. The molecule has 1 aromatic rings. The number of nitrogens with zero attached hydrogens (tertiary/aromatic N) is 1. The Labute approximate surface area is 106 Å². The van der Waals surface area contributed by atoms with Crippen molar-refractivity contribution >= 4 is 27.8 Å². The number of carbonyl (C=O) groups is 2. The predicted octanol–water partition coefficient (Wildman–Crippen LogP) is 1.44. The number of aromatic nitrogens is 1. The van der Waals surface area contributed by atoms with Crippen LogP contribution in [0.3, 0.4) is 0 Å². The van der Waals surface area contributed by atoms with Crippen molar-refractivity contribution in [3.63, 3.8) is 0 Å². The summed E-state index contributed by atoms with van der Waals surface area (Å²) in [7, 11) is 0. The lowest BCUT2D eigenvalue weighted by molar-refractivity contribution is -0.143. The second-order valence-electron chi connectivity index (χ2n) is 4.12. The van der Waals surface area contributed by atoms with Crippen molar-refractivity contribution in [3.05, 3.63) is 28.5 Å². The van der Waals surface area contributed by atoms with Gasteiger partial charge in [-0.1, -0.05) is 0 Å². The molecule has 0 unspecified atom stereocenters. The monoisotopic (exact) mass is 298 g/mol. The van der Waals surface area contributed by atoms with Gasteiger partial charge >= 0.3 is 5.97 Å². The number of rotatable bonds is 4. The van der Waals surface area contributed by atoms with Crippen molar-refractivity contribution in [3.8, 4) is 0 Å². The average Bonchev–Trinajstić information content (AvgIpc) is 3.07. The summed E-state index contributed by atoms with van der Waals surface area (Å²) < 4.78 is 0.595. The fraction of sp³-hybridized carbons (Fsp3) is 0.364. The lowest BCUT2D eigenvalue weighted by Gasteiger charge is -2.11. The van der Waals surface area contributed by atoms with Crippen LogP contribution in [0.2, 0.25) is 0 Å². The normalized spacial score (nSPS) is 16.3. The van der Waals surface area contributed by atoms with Crippen LogP contribution < -0.4 is 5.32 Å². The number of hydrogen-bond donors (Lipinski definition) is 2. The van der Waals surface area contributed by atoms with E-state index in [1.54, 1.807) is 6.07 Å². The van der Waals surface area contributed by atoms with E-state index in [0.29, 0.717) is 22.9 Å². The Kier molecular flexibility index (Phi) is 3.15. The molecule has 1 fully saturated rings. The Morgan fingerprint density at radius 2 is 2.24 bits per heavy atom. The molecule has 0 spiro atoms. The molecule has 1 amide bonds. The number of aliphatic carboxylic acids is 1. The Balaban J connectivity index is 1.99. The van der Waals surface area contributed by atoms with Gasteiger partial charge in [0.25, 0.3) is 5.91 Å². The average molecular weight is 299 g/mol. The highest BCUT2D eigenvalue weighted by atomic mass is 79.9. The second kappa shape index (κ2) is 4.44. The van der Waals surface area contributed by atoms with Crippen LogP contribution in [0.5, 0.6) is 0 Å². The van der Waals surface area contributed by atoms with Gasteiger partial charge in [-0.25, -0.2) is 0 Å². The van der Waals surface area contributed by atoms with E-state index in [4.69, 9.17) is 5.11 Å². The van der Waals surface area contributed by atoms with Gasteiger partial charge in [0, 0.05) is 23.4 Å². The Morgan fingerprint density at radius 3 is 2.76 bits per heavy atom. The van der Waals surface area contributed by atoms with Crippen molar-refractivity contribution < 1.29 is 14.7 Å². The first-order chi connectivity index (χ1) is 8.05. The minimum Gasteiger partial charge on any atom is -0.481 e. The van der Waals surface area contributed by atoms with E-state index in [2.05, 4.69) is 26.2 Å². The third-order valence-electron chi connectivity index (χ3n) is 2.91. The van der Waals surface area contributed by atoms with Gasteiger partial charge in [0.1, 0.15) is 0 Å². The van der Waals surface area contributed by atoms with Crippen LogP contribution in [-0.2, 0) is 4.79 Å². The first-order valence-corrected chi connectivity index (χ1v) is 5.96. The van der Waals surface area contributed by atoms with E-state index in [1.165, 1.54) is 12.4 Å². The van der Waals surface area contributed by atoms with Crippen molar-refractivity contribution in [1.29, 1.82) is 0 Å². The maximum absolute atomic E-state index is 11.8. The second-order valence-corrected chi connectivity index (χ2v) is 4.98. The highest BCUT2D eigenvalue weighted by Gasteiger charge is 2.50. The summed E-state index contributed by atoms with van der Waals surface area (Å²) in [5.41, 5.74) is -0.281. The van der Waals surface area contributed by atoms with Gasteiger partial charge in [0.05, 0.1) is 11.0 Å². The Morgan fingerprint density at radius 1 is 1.53 bits per heavy atom. The summed E-state index contributed by atoms with van der Waals surface area (Å²) in [6.45, 7) is 0.177. The number of carboxylic acids is 1. The van der Waals surface area contributed by atoms with Gasteiger partial charge < -0.3 is 10.4 Å². The minimum absolute atomic E-state index is 0.177. The number of carbonyl (C=O) groups excluding carboxylic acids is 1. The Hall–Kier alpha value is -1.43.